The van der Waals surface area contributed by atoms with Crippen molar-refractivity contribution in [3.05, 3.63) is 83.6 Å². The highest BCUT2D eigenvalue weighted by Crippen LogP contribution is 2.34. The molecule has 1 N–H and O–H groups in total. The van der Waals surface area contributed by atoms with Crippen LogP contribution in [0.3, 0.4) is 0 Å². The molecule has 0 spiro atoms. The molecule has 4 rings (SSSR count). The van der Waals surface area contributed by atoms with E-state index in [0.29, 0.717) is 35.7 Å². The third-order valence-corrected chi connectivity index (χ3v) is 4.51. The molecule has 0 saturated heterocycles. The predicted molar refractivity (Wildman–Crippen MR) is 102 cm³/mol. The zero-order valence-corrected chi connectivity index (χ0v) is 15.3. The largest absolute Gasteiger partial charge is 0.467 e. The van der Waals surface area contributed by atoms with Gasteiger partial charge in [-0.1, -0.05) is 0 Å². The Balaban J connectivity index is 1.60. The number of esters is 1. The molecule has 3 aromatic rings. The lowest BCUT2D eigenvalue weighted by molar-refractivity contribution is 0.0526. The van der Waals surface area contributed by atoms with E-state index in [4.69, 9.17) is 9.15 Å². The lowest BCUT2D eigenvalue weighted by Gasteiger charge is -2.25. The zero-order valence-electron chi connectivity index (χ0n) is 15.3. The van der Waals surface area contributed by atoms with Gasteiger partial charge in [-0.15, -0.1) is 0 Å². The predicted octanol–water partition coefficient (Wildman–Crippen LogP) is 3.62. The number of anilines is 1. The first-order valence-electron chi connectivity index (χ1n) is 8.99. The summed E-state index contributed by atoms with van der Waals surface area (Å²) in [6, 6.07) is 14.1. The van der Waals surface area contributed by atoms with E-state index in [1.165, 1.54) is 0 Å². The van der Waals surface area contributed by atoms with Crippen LogP contribution in [-0.4, -0.2) is 28.4 Å². The molecule has 1 atom stereocenters. The summed E-state index contributed by atoms with van der Waals surface area (Å²) in [5.41, 5.74) is 2.46. The maximum absolute atomic E-state index is 12.9. The summed E-state index contributed by atoms with van der Waals surface area (Å²) in [5.74, 6) is 0.210. The van der Waals surface area contributed by atoms with Gasteiger partial charge in [0.15, 0.2) is 0 Å². The molecule has 1 amide bonds. The third kappa shape index (κ3) is 3.34. The average Bonchev–Trinajstić information content (AvgIpc) is 3.32. The van der Waals surface area contributed by atoms with Crippen LogP contribution in [0.25, 0.3) is 0 Å². The number of furan rings is 1. The number of ether oxygens (including phenoxy) is 1. The molecular weight excluding hydrogens is 358 g/mol. The van der Waals surface area contributed by atoms with Crippen LogP contribution < -0.4 is 5.32 Å². The van der Waals surface area contributed by atoms with Crippen LogP contribution >= 0.6 is 0 Å². The number of carbonyl (C=O) groups excluding carboxylic acids is 2. The van der Waals surface area contributed by atoms with E-state index in [1.807, 2.05) is 6.07 Å². The number of hydrogen-bond acceptors (Lipinski definition) is 6. The highest BCUT2D eigenvalue weighted by molar-refractivity contribution is 5.99. The van der Waals surface area contributed by atoms with E-state index in [9.17, 15) is 9.59 Å². The number of fused-ring (bicyclic) bond motifs is 1. The summed E-state index contributed by atoms with van der Waals surface area (Å²) in [6.45, 7) is 2.41. The maximum atomic E-state index is 12.9. The summed E-state index contributed by atoms with van der Waals surface area (Å²) < 4.78 is 10.4. The number of nitrogens with zero attached hydrogens (tertiary/aromatic N) is 2. The van der Waals surface area contributed by atoms with Gasteiger partial charge in [-0.2, -0.15) is 0 Å². The molecule has 7 heteroatoms. The molecule has 28 heavy (non-hydrogen) atoms. The summed E-state index contributed by atoms with van der Waals surface area (Å²) >= 11 is 0. The molecule has 142 valence electrons. The second kappa shape index (κ2) is 7.56. The van der Waals surface area contributed by atoms with Crippen molar-refractivity contribution in [1.82, 2.24) is 9.88 Å². The van der Waals surface area contributed by atoms with Gasteiger partial charge in [0.05, 0.1) is 36.2 Å². The highest BCUT2D eigenvalue weighted by atomic mass is 16.5. The molecule has 1 aliphatic rings. The quantitative estimate of drug-likeness (QED) is 0.661. The minimum absolute atomic E-state index is 0.111. The molecule has 1 aromatic carbocycles. The average molecular weight is 377 g/mol. The second-order valence-corrected chi connectivity index (χ2v) is 6.29. The van der Waals surface area contributed by atoms with Crippen molar-refractivity contribution in [1.29, 1.82) is 0 Å². The van der Waals surface area contributed by atoms with Gasteiger partial charge in [-0.3, -0.25) is 9.78 Å². The van der Waals surface area contributed by atoms with Crippen molar-refractivity contribution < 1.29 is 18.7 Å². The van der Waals surface area contributed by atoms with Gasteiger partial charge < -0.3 is 19.4 Å². The van der Waals surface area contributed by atoms with Crippen LogP contribution in [0.4, 0.5) is 5.69 Å². The number of nitrogens with one attached hydrogen (secondary N) is 1. The van der Waals surface area contributed by atoms with E-state index < -0.39 is 6.17 Å². The number of benzene rings is 1. The standard InChI is InChI=1S/C21H19N3O4/c1-2-27-21(26)14-7-9-15(10-8-14)23-19-18-17(6-3-11-22-18)20(25)24(19)13-16-5-4-12-28-16/h3-12,19,23H,2,13H2,1H3. The minimum Gasteiger partial charge on any atom is -0.467 e. The normalized spacial score (nSPS) is 15.4. The first-order chi connectivity index (χ1) is 13.7. The summed E-state index contributed by atoms with van der Waals surface area (Å²) in [7, 11) is 0. The van der Waals surface area contributed by atoms with Crippen molar-refractivity contribution in [2.75, 3.05) is 11.9 Å². The smallest absolute Gasteiger partial charge is 0.338 e. The lowest BCUT2D eigenvalue weighted by atomic mass is 10.2. The fourth-order valence-electron chi connectivity index (χ4n) is 3.19. The summed E-state index contributed by atoms with van der Waals surface area (Å²) in [4.78, 5) is 30.8. The molecule has 2 aromatic heterocycles. The molecule has 0 saturated carbocycles. The Morgan fingerprint density at radius 3 is 2.75 bits per heavy atom. The van der Waals surface area contributed by atoms with Gasteiger partial charge in [0.2, 0.25) is 0 Å². The Morgan fingerprint density at radius 1 is 1.21 bits per heavy atom. The van der Waals surface area contributed by atoms with Gasteiger partial charge in [0.1, 0.15) is 11.9 Å². The zero-order chi connectivity index (χ0) is 19.5. The van der Waals surface area contributed by atoms with Crippen molar-refractivity contribution >= 4 is 17.6 Å². The highest BCUT2D eigenvalue weighted by Gasteiger charge is 2.38. The van der Waals surface area contributed by atoms with Crippen LogP contribution in [0.15, 0.2) is 65.4 Å². The maximum Gasteiger partial charge on any atom is 0.338 e. The fraction of sp³-hybridized carbons (Fsp3) is 0.190. The summed E-state index contributed by atoms with van der Waals surface area (Å²) in [6.07, 6.45) is 2.81. The van der Waals surface area contributed by atoms with Crippen LogP contribution in [0.2, 0.25) is 0 Å². The van der Waals surface area contributed by atoms with Crippen LogP contribution in [0.5, 0.6) is 0 Å². The monoisotopic (exact) mass is 377 g/mol. The van der Waals surface area contributed by atoms with Gasteiger partial charge in [-0.25, -0.2) is 4.79 Å². The van der Waals surface area contributed by atoms with Crippen LogP contribution in [0, 0.1) is 0 Å². The van der Waals surface area contributed by atoms with E-state index >= 15 is 0 Å². The van der Waals surface area contributed by atoms with E-state index in [0.717, 1.165) is 5.69 Å². The van der Waals surface area contributed by atoms with E-state index in [-0.39, 0.29) is 11.9 Å². The Morgan fingerprint density at radius 2 is 2.04 bits per heavy atom. The SMILES string of the molecule is CCOC(=O)c1ccc(NC2c3ncccc3C(=O)N2Cc2ccco2)cc1. The molecule has 3 heterocycles. The lowest BCUT2D eigenvalue weighted by Crippen LogP contribution is -2.32. The van der Waals surface area contributed by atoms with Crippen molar-refractivity contribution in [2.24, 2.45) is 0 Å². The second-order valence-electron chi connectivity index (χ2n) is 6.29. The van der Waals surface area contributed by atoms with Crippen molar-refractivity contribution in [3.63, 3.8) is 0 Å². The molecule has 1 aliphatic heterocycles. The number of carbonyl (C=O) groups is 2. The Labute approximate surface area is 161 Å². The number of hydrogen-bond donors (Lipinski definition) is 1. The Bertz CT molecular complexity index is 983. The third-order valence-electron chi connectivity index (χ3n) is 4.51. The Hall–Kier alpha value is -3.61. The number of pyridine rings is 1. The van der Waals surface area contributed by atoms with E-state index in [2.05, 4.69) is 10.3 Å². The van der Waals surface area contributed by atoms with Crippen LogP contribution in [-0.2, 0) is 11.3 Å². The molecule has 0 bridgehead atoms. The molecular formula is C21H19N3O4. The van der Waals surface area contributed by atoms with Gasteiger partial charge in [-0.05, 0) is 55.5 Å². The Kier molecular flexibility index (Phi) is 4.80. The van der Waals surface area contributed by atoms with Crippen LogP contribution in [0.1, 0.15) is 45.3 Å². The fourth-order valence-corrected chi connectivity index (χ4v) is 3.19. The van der Waals surface area contributed by atoms with Gasteiger partial charge in [0, 0.05) is 11.9 Å². The van der Waals surface area contributed by atoms with E-state index in [1.54, 1.807) is 66.7 Å². The first-order valence-corrected chi connectivity index (χ1v) is 8.99. The number of rotatable bonds is 6. The van der Waals surface area contributed by atoms with Crippen molar-refractivity contribution in [3.8, 4) is 0 Å². The molecule has 7 nitrogen and oxygen atoms in total. The van der Waals surface area contributed by atoms with Gasteiger partial charge in [0.25, 0.3) is 5.91 Å². The number of aromatic nitrogens is 1. The topological polar surface area (TPSA) is 84.7 Å². The molecule has 0 aliphatic carbocycles. The summed E-state index contributed by atoms with van der Waals surface area (Å²) in [5, 5.41) is 3.34. The molecule has 0 fully saturated rings. The number of amides is 1. The molecule has 1 unspecified atom stereocenters. The van der Waals surface area contributed by atoms with Crippen molar-refractivity contribution in [2.45, 2.75) is 19.6 Å². The minimum atomic E-state index is -0.442. The molecule has 0 radical (unpaired) electrons. The first kappa shape index (κ1) is 17.8. The van der Waals surface area contributed by atoms with Gasteiger partial charge >= 0.3 is 5.97 Å².